The van der Waals surface area contributed by atoms with Crippen molar-refractivity contribution >= 4 is 12.2 Å². The number of hydrogen-bond donors (Lipinski definition) is 0. The first-order valence-corrected chi connectivity index (χ1v) is 5.77. The molecule has 0 fully saturated rings. The Labute approximate surface area is 101 Å². The van der Waals surface area contributed by atoms with E-state index in [9.17, 15) is 0 Å². The van der Waals surface area contributed by atoms with Crippen molar-refractivity contribution in [1.29, 1.82) is 0 Å². The van der Waals surface area contributed by atoms with Crippen LogP contribution in [0.15, 0.2) is 24.8 Å². The first kappa shape index (κ1) is 11.5. The summed E-state index contributed by atoms with van der Waals surface area (Å²) < 4.78 is 1.99. The van der Waals surface area contributed by atoms with Crippen LogP contribution in [0.1, 0.15) is 30.3 Å². The molecule has 4 heteroatoms. The second kappa shape index (κ2) is 5.39. The van der Waals surface area contributed by atoms with Gasteiger partial charge in [-0.1, -0.05) is 6.92 Å². The van der Waals surface area contributed by atoms with Crippen molar-refractivity contribution in [2.45, 2.75) is 26.8 Å². The molecule has 0 aliphatic heterocycles. The summed E-state index contributed by atoms with van der Waals surface area (Å²) in [6.45, 7) is 5.09. The molecular formula is C13H16N4. The van der Waals surface area contributed by atoms with Gasteiger partial charge >= 0.3 is 0 Å². The van der Waals surface area contributed by atoms with Crippen LogP contribution in [-0.4, -0.2) is 19.7 Å². The number of nitrogens with zero attached hydrogens (tertiary/aromatic N) is 4. The average Bonchev–Trinajstić information content (AvgIpc) is 2.76. The number of hydrogen-bond acceptors (Lipinski definition) is 3. The molecule has 0 spiro atoms. The van der Waals surface area contributed by atoms with Crippen LogP contribution in [0.3, 0.4) is 0 Å². The average molecular weight is 228 g/mol. The molecule has 0 radical (unpaired) electrons. The lowest BCUT2D eigenvalue weighted by Crippen LogP contribution is -2.00. The molecule has 2 rings (SSSR count). The molecule has 17 heavy (non-hydrogen) atoms. The van der Waals surface area contributed by atoms with Gasteiger partial charge in [0.1, 0.15) is 6.33 Å². The third-order valence-electron chi connectivity index (χ3n) is 2.53. The molecule has 0 bridgehead atoms. The lowest BCUT2D eigenvalue weighted by Gasteiger charge is -2.01. The highest BCUT2D eigenvalue weighted by Crippen LogP contribution is 2.09. The van der Waals surface area contributed by atoms with Gasteiger partial charge in [0.25, 0.3) is 0 Å². The minimum Gasteiger partial charge on any atom is -0.266 e. The zero-order valence-electron chi connectivity index (χ0n) is 10.2. The summed E-state index contributed by atoms with van der Waals surface area (Å²) in [5.41, 5.74) is 3.12. The van der Waals surface area contributed by atoms with E-state index in [-0.39, 0.29) is 0 Å². The van der Waals surface area contributed by atoms with Crippen LogP contribution in [0.25, 0.3) is 12.2 Å². The van der Waals surface area contributed by atoms with Gasteiger partial charge in [0.05, 0.1) is 11.4 Å². The molecular weight excluding hydrogens is 212 g/mol. The van der Waals surface area contributed by atoms with Crippen LogP contribution in [0.4, 0.5) is 0 Å². The Morgan fingerprint density at radius 3 is 3.00 bits per heavy atom. The zero-order chi connectivity index (χ0) is 12.1. The van der Waals surface area contributed by atoms with E-state index in [2.05, 4.69) is 22.0 Å². The van der Waals surface area contributed by atoms with E-state index in [0.717, 1.165) is 29.9 Å². The Bertz CT molecular complexity index is 514. The summed E-state index contributed by atoms with van der Waals surface area (Å²) in [5.74, 6) is 0. The maximum Gasteiger partial charge on any atom is 0.116 e. The molecule has 0 unspecified atom stereocenters. The summed E-state index contributed by atoms with van der Waals surface area (Å²) in [6, 6.07) is 2.00. The van der Waals surface area contributed by atoms with Crippen molar-refractivity contribution in [1.82, 2.24) is 19.7 Å². The smallest absolute Gasteiger partial charge is 0.116 e. The molecule has 0 saturated heterocycles. The molecule has 2 heterocycles. The quantitative estimate of drug-likeness (QED) is 0.807. The van der Waals surface area contributed by atoms with E-state index in [1.165, 1.54) is 0 Å². The largest absolute Gasteiger partial charge is 0.266 e. The van der Waals surface area contributed by atoms with Crippen molar-refractivity contribution in [2.24, 2.45) is 0 Å². The first-order valence-electron chi connectivity index (χ1n) is 5.77. The van der Waals surface area contributed by atoms with Crippen molar-refractivity contribution < 1.29 is 0 Å². The molecule has 2 aromatic heterocycles. The predicted molar refractivity (Wildman–Crippen MR) is 68.2 cm³/mol. The molecule has 0 aliphatic carbocycles. The molecule has 0 N–H and O–H groups in total. The molecule has 2 aromatic rings. The van der Waals surface area contributed by atoms with Gasteiger partial charge in [0, 0.05) is 18.9 Å². The molecule has 0 aliphatic rings. The zero-order valence-corrected chi connectivity index (χ0v) is 10.2. The molecule has 0 atom stereocenters. The van der Waals surface area contributed by atoms with E-state index < -0.39 is 0 Å². The van der Waals surface area contributed by atoms with Crippen molar-refractivity contribution in [3.05, 3.63) is 41.7 Å². The van der Waals surface area contributed by atoms with Crippen LogP contribution in [0, 0.1) is 6.92 Å². The highest BCUT2D eigenvalue weighted by atomic mass is 15.3. The van der Waals surface area contributed by atoms with E-state index in [1.807, 2.05) is 42.2 Å². The summed E-state index contributed by atoms with van der Waals surface area (Å²) in [4.78, 5) is 8.20. The fraction of sp³-hybridized carbons (Fsp3) is 0.308. The highest BCUT2D eigenvalue weighted by Gasteiger charge is 1.98. The maximum atomic E-state index is 4.27. The summed E-state index contributed by atoms with van der Waals surface area (Å²) >= 11 is 0. The maximum absolute atomic E-state index is 4.27. The second-order valence-corrected chi connectivity index (χ2v) is 3.90. The minimum atomic E-state index is 0.940. The lowest BCUT2D eigenvalue weighted by atomic mass is 10.2. The van der Waals surface area contributed by atoms with E-state index in [4.69, 9.17) is 0 Å². The van der Waals surface area contributed by atoms with Crippen LogP contribution in [0.5, 0.6) is 0 Å². The van der Waals surface area contributed by atoms with Crippen LogP contribution >= 0.6 is 0 Å². The van der Waals surface area contributed by atoms with Gasteiger partial charge in [-0.15, -0.1) is 0 Å². The lowest BCUT2D eigenvalue weighted by molar-refractivity contribution is 0.598. The molecule has 0 saturated carbocycles. The molecule has 88 valence electrons. The highest BCUT2D eigenvalue weighted by molar-refractivity contribution is 5.67. The standard InChI is InChI=1S/C13H16N4/c1-3-8-17-12(6-7-16-17)4-5-13-11(2)9-14-10-15-13/h4-7,9-10H,3,8H2,1-2H3/b5-4+. The van der Waals surface area contributed by atoms with Gasteiger partial charge in [-0.25, -0.2) is 9.97 Å². The van der Waals surface area contributed by atoms with Gasteiger partial charge in [-0.3, -0.25) is 4.68 Å². The van der Waals surface area contributed by atoms with Gasteiger partial charge in [0.2, 0.25) is 0 Å². The molecule has 0 aromatic carbocycles. The number of aromatic nitrogens is 4. The Morgan fingerprint density at radius 2 is 2.24 bits per heavy atom. The number of rotatable bonds is 4. The Balaban J connectivity index is 2.20. The van der Waals surface area contributed by atoms with Crippen molar-refractivity contribution in [3.63, 3.8) is 0 Å². The van der Waals surface area contributed by atoms with Gasteiger partial charge in [-0.05, 0) is 37.1 Å². The third kappa shape index (κ3) is 2.78. The van der Waals surface area contributed by atoms with E-state index >= 15 is 0 Å². The second-order valence-electron chi connectivity index (χ2n) is 3.90. The van der Waals surface area contributed by atoms with E-state index in [0.29, 0.717) is 0 Å². The van der Waals surface area contributed by atoms with Crippen molar-refractivity contribution in [2.75, 3.05) is 0 Å². The predicted octanol–water partition coefficient (Wildman–Crippen LogP) is 2.56. The fourth-order valence-corrected chi connectivity index (χ4v) is 1.63. The Kier molecular flexibility index (Phi) is 3.65. The first-order chi connectivity index (χ1) is 8.31. The number of aryl methyl sites for hydroxylation is 2. The van der Waals surface area contributed by atoms with E-state index in [1.54, 1.807) is 6.33 Å². The summed E-state index contributed by atoms with van der Waals surface area (Å²) in [6.07, 6.45) is 10.3. The summed E-state index contributed by atoms with van der Waals surface area (Å²) in [7, 11) is 0. The van der Waals surface area contributed by atoms with Gasteiger partial charge in [0.15, 0.2) is 0 Å². The van der Waals surface area contributed by atoms with Gasteiger partial charge < -0.3 is 0 Å². The third-order valence-corrected chi connectivity index (χ3v) is 2.53. The topological polar surface area (TPSA) is 43.6 Å². The molecule has 0 amide bonds. The SMILES string of the molecule is CCCn1nccc1/C=C/c1ncncc1C. The normalized spacial score (nSPS) is 11.2. The summed E-state index contributed by atoms with van der Waals surface area (Å²) in [5, 5.41) is 4.27. The van der Waals surface area contributed by atoms with Crippen LogP contribution < -0.4 is 0 Å². The fourth-order valence-electron chi connectivity index (χ4n) is 1.63. The van der Waals surface area contributed by atoms with Gasteiger partial charge in [-0.2, -0.15) is 5.10 Å². The molecule has 4 nitrogen and oxygen atoms in total. The van der Waals surface area contributed by atoms with Crippen LogP contribution in [-0.2, 0) is 6.54 Å². The Hall–Kier alpha value is -1.97. The van der Waals surface area contributed by atoms with Crippen LogP contribution in [0.2, 0.25) is 0 Å². The van der Waals surface area contributed by atoms with Crippen molar-refractivity contribution in [3.8, 4) is 0 Å². The minimum absolute atomic E-state index is 0.940. The monoisotopic (exact) mass is 228 g/mol. The Morgan fingerprint density at radius 1 is 1.35 bits per heavy atom.